The van der Waals surface area contributed by atoms with Crippen molar-refractivity contribution in [1.82, 2.24) is 9.97 Å². The van der Waals surface area contributed by atoms with E-state index in [1.165, 1.54) is 0 Å². The lowest BCUT2D eigenvalue weighted by Gasteiger charge is -2.08. The van der Waals surface area contributed by atoms with Crippen LogP contribution in [0.5, 0.6) is 0 Å². The van der Waals surface area contributed by atoms with Crippen LogP contribution in [-0.4, -0.2) is 9.97 Å². The zero-order valence-corrected chi connectivity index (χ0v) is 12.6. The summed E-state index contributed by atoms with van der Waals surface area (Å²) in [6.07, 6.45) is 1.72. The van der Waals surface area contributed by atoms with Gasteiger partial charge in [-0.3, -0.25) is 0 Å². The predicted molar refractivity (Wildman–Crippen MR) is 90.5 cm³/mol. The van der Waals surface area contributed by atoms with E-state index in [9.17, 15) is 0 Å². The first-order valence-electron chi connectivity index (χ1n) is 6.93. The second kappa shape index (κ2) is 6.91. The van der Waals surface area contributed by atoms with E-state index in [-0.39, 0.29) is 0 Å². The van der Waals surface area contributed by atoms with Crippen molar-refractivity contribution in [3.8, 4) is 0 Å². The number of hydrogen-bond donors (Lipinski definition) is 2. The average molecular weight is 311 g/mol. The van der Waals surface area contributed by atoms with E-state index >= 15 is 0 Å². The lowest BCUT2D eigenvalue weighted by Crippen LogP contribution is -2.04. The molecule has 0 radical (unpaired) electrons. The Hall–Kier alpha value is -2.59. The van der Waals surface area contributed by atoms with Crippen molar-refractivity contribution in [2.75, 3.05) is 10.6 Å². The second-order valence-corrected chi connectivity index (χ2v) is 5.17. The monoisotopic (exact) mass is 310 g/mol. The van der Waals surface area contributed by atoms with Crippen LogP contribution in [0.4, 0.5) is 17.5 Å². The van der Waals surface area contributed by atoms with E-state index in [4.69, 9.17) is 11.6 Å². The standard InChI is InChI=1S/C17H15ClN4/c18-14-8-6-13(7-9-14)12-20-16-10-11-19-17(22-16)21-15-4-2-1-3-5-15/h1-11H,12H2,(H2,19,20,21,22). The maximum absolute atomic E-state index is 5.88. The van der Waals surface area contributed by atoms with Gasteiger partial charge in [-0.2, -0.15) is 4.98 Å². The number of para-hydroxylation sites is 1. The molecule has 0 bridgehead atoms. The Labute approximate surface area is 134 Å². The van der Waals surface area contributed by atoms with E-state index in [0.29, 0.717) is 12.5 Å². The molecule has 22 heavy (non-hydrogen) atoms. The molecule has 0 fully saturated rings. The van der Waals surface area contributed by atoms with Gasteiger partial charge in [0.05, 0.1) is 0 Å². The number of nitrogens with one attached hydrogen (secondary N) is 2. The minimum atomic E-state index is 0.562. The van der Waals surface area contributed by atoms with Gasteiger partial charge in [0.2, 0.25) is 5.95 Å². The zero-order chi connectivity index (χ0) is 15.2. The van der Waals surface area contributed by atoms with Gasteiger partial charge in [-0.1, -0.05) is 41.9 Å². The van der Waals surface area contributed by atoms with Crippen molar-refractivity contribution in [3.05, 3.63) is 77.4 Å². The summed E-state index contributed by atoms with van der Waals surface area (Å²) < 4.78 is 0. The molecule has 3 rings (SSSR count). The first-order chi connectivity index (χ1) is 10.8. The molecule has 0 amide bonds. The molecule has 110 valence electrons. The number of hydrogen-bond acceptors (Lipinski definition) is 4. The highest BCUT2D eigenvalue weighted by Crippen LogP contribution is 2.14. The van der Waals surface area contributed by atoms with Crippen LogP contribution < -0.4 is 10.6 Å². The highest BCUT2D eigenvalue weighted by atomic mass is 35.5. The number of nitrogens with zero attached hydrogens (tertiary/aromatic N) is 2. The van der Waals surface area contributed by atoms with E-state index in [0.717, 1.165) is 22.1 Å². The largest absolute Gasteiger partial charge is 0.366 e. The Bertz CT molecular complexity index is 729. The molecular formula is C17H15ClN4. The van der Waals surface area contributed by atoms with Gasteiger partial charge < -0.3 is 10.6 Å². The van der Waals surface area contributed by atoms with Crippen LogP contribution in [0, 0.1) is 0 Å². The van der Waals surface area contributed by atoms with Gasteiger partial charge in [-0.15, -0.1) is 0 Å². The Balaban J connectivity index is 1.65. The topological polar surface area (TPSA) is 49.8 Å². The van der Waals surface area contributed by atoms with Crippen LogP contribution in [0.15, 0.2) is 66.9 Å². The summed E-state index contributed by atoms with van der Waals surface area (Å²) >= 11 is 5.88. The molecule has 3 aromatic rings. The third kappa shape index (κ3) is 3.96. The molecule has 0 saturated heterocycles. The van der Waals surface area contributed by atoms with Crippen LogP contribution >= 0.6 is 11.6 Å². The zero-order valence-electron chi connectivity index (χ0n) is 11.8. The maximum atomic E-state index is 5.88. The molecule has 1 heterocycles. The van der Waals surface area contributed by atoms with Gasteiger partial charge in [0.15, 0.2) is 0 Å². The second-order valence-electron chi connectivity index (χ2n) is 4.74. The molecule has 2 aromatic carbocycles. The van der Waals surface area contributed by atoms with E-state index < -0.39 is 0 Å². The smallest absolute Gasteiger partial charge is 0.229 e. The summed E-state index contributed by atoms with van der Waals surface area (Å²) in [7, 11) is 0. The summed E-state index contributed by atoms with van der Waals surface area (Å²) in [5.74, 6) is 1.33. The maximum Gasteiger partial charge on any atom is 0.229 e. The highest BCUT2D eigenvalue weighted by molar-refractivity contribution is 6.30. The molecule has 0 spiro atoms. The van der Waals surface area contributed by atoms with Crippen LogP contribution in [0.3, 0.4) is 0 Å². The van der Waals surface area contributed by atoms with Crippen molar-refractivity contribution in [2.24, 2.45) is 0 Å². The molecule has 1 aromatic heterocycles. The molecule has 0 aliphatic carbocycles. The Morgan fingerprint density at radius 3 is 2.45 bits per heavy atom. The fourth-order valence-electron chi connectivity index (χ4n) is 1.96. The molecular weight excluding hydrogens is 296 g/mol. The number of benzene rings is 2. The van der Waals surface area contributed by atoms with Crippen LogP contribution in [0.2, 0.25) is 5.02 Å². The molecule has 5 heteroatoms. The summed E-state index contributed by atoms with van der Waals surface area (Å²) in [6, 6.07) is 19.4. The number of rotatable bonds is 5. The van der Waals surface area contributed by atoms with Crippen LogP contribution in [0.1, 0.15) is 5.56 Å². The molecule has 0 unspecified atom stereocenters. The summed E-state index contributed by atoms with van der Waals surface area (Å²) in [6.45, 7) is 0.680. The Morgan fingerprint density at radius 2 is 1.68 bits per heavy atom. The first-order valence-corrected chi connectivity index (χ1v) is 7.31. The lowest BCUT2D eigenvalue weighted by atomic mass is 10.2. The number of anilines is 3. The molecule has 4 nitrogen and oxygen atoms in total. The third-order valence-electron chi connectivity index (χ3n) is 3.07. The minimum Gasteiger partial charge on any atom is -0.366 e. The highest BCUT2D eigenvalue weighted by Gasteiger charge is 2.00. The quantitative estimate of drug-likeness (QED) is 0.729. The molecule has 0 atom stereocenters. The summed E-state index contributed by atoms with van der Waals surface area (Å²) in [5.41, 5.74) is 2.10. The van der Waals surface area contributed by atoms with Crippen molar-refractivity contribution < 1.29 is 0 Å². The van der Waals surface area contributed by atoms with Crippen LogP contribution in [0.25, 0.3) is 0 Å². The van der Waals surface area contributed by atoms with Crippen molar-refractivity contribution in [1.29, 1.82) is 0 Å². The normalized spacial score (nSPS) is 10.2. The summed E-state index contributed by atoms with van der Waals surface area (Å²) in [5, 5.41) is 7.18. The van der Waals surface area contributed by atoms with E-state index in [2.05, 4.69) is 20.6 Å². The Morgan fingerprint density at radius 1 is 0.909 bits per heavy atom. The Kier molecular flexibility index (Phi) is 4.51. The summed E-state index contributed by atoms with van der Waals surface area (Å²) in [4.78, 5) is 8.66. The van der Waals surface area contributed by atoms with Gasteiger partial charge in [-0.05, 0) is 35.9 Å². The fraction of sp³-hybridized carbons (Fsp3) is 0.0588. The van der Waals surface area contributed by atoms with Crippen molar-refractivity contribution >= 4 is 29.1 Å². The average Bonchev–Trinajstić information content (AvgIpc) is 2.56. The number of aromatic nitrogens is 2. The lowest BCUT2D eigenvalue weighted by molar-refractivity contribution is 1.08. The molecule has 0 aliphatic rings. The number of halogens is 1. The van der Waals surface area contributed by atoms with Crippen molar-refractivity contribution in [2.45, 2.75) is 6.54 Å². The van der Waals surface area contributed by atoms with E-state index in [1.54, 1.807) is 6.20 Å². The SMILES string of the molecule is Clc1ccc(CNc2ccnc(Nc3ccccc3)n2)cc1. The predicted octanol–water partition coefficient (Wildman–Crippen LogP) is 4.49. The van der Waals surface area contributed by atoms with Gasteiger partial charge in [0.25, 0.3) is 0 Å². The molecule has 0 aliphatic heterocycles. The third-order valence-corrected chi connectivity index (χ3v) is 3.32. The molecule has 0 saturated carbocycles. The first kappa shape index (κ1) is 14.4. The van der Waals surface area contributed by atoms with Gasteiger partial charge >= 0.3 is 0 Å². The van der Waals surface area contributed by atoms with Crippen LogP contribution in [-0.2, 0) is 6.54 Å². The van der Waals surface area contributed by atoms with Crippen molar-refractivity contribution in [3.63, 3.8) is 0 Å². The minimum absolute atomic E-state index is 0.562. The van der Waals surface area contributed by atoms with Gasteiger partial charge in [-0.25, -0.2) is 4.98 Å². The fourth-order valence-corrected chi connectivity index (χ4v) is 2.09. The van der Waals surface area contributed by atoms with Gasteiger partial charge in [0, 0.05) is 23.5 Å². The van der Waals surface area contributed by atoms with E-state index in [1.807, 2.05) is 60.7 Å². The molecule has 2 N–H and O–H groups in total. The van der Waals surface area contributed by atoms with Gasteiger partial charge in [0.1, 0.15) is 5.82 Å².